The first-order valence-corrected chi connectivity index (χ1v) is 12.7. The van der Waals surface area contributed by atoms with Gasteiger partial charge in [-0.2, -0.15) is 0 Å². The SMILES string of the molecule is CCN(c1ccc(OCC(=O)Nc2ccc3c(c2)c2ccccc2n3CC)cc1)S(C)(=O)=O. The number of aryl methyl sites for hydroxylation is 1. The highest BCUT2D eigenvalue weighted by atomic mass is 32.2. The van der Waals surface area contributed by atoms with E-state index in [0.717, 1.165) is 22.8 Å². The van der Waals surface area contributed by atoms with Crippen LogP contribution in [0, 0.1) is 0 Å². The minimum atomic E-state index is -3.34. The average molecular weight is 466 g/mol. The molecule has 33 heavy (non-hydrogen) atoms. The number of sulfonamides is 1. The molecular weight excluding hydrogens is 438 g/mol. The monoisotopic (exact) mass is 465 g/mol. The lowest BCUT2D eigenvalue weighted by atomic mass is 10.1. The van der Waals surface area contributed by atoms with Crippen LogP contribution < -0.4 is 14.4 Å². The van der Waals surface area contributed by atoms with Gasteiger partial charge in [0.05, 0.1) is 11.9 Å². The van der Waals surface area contributed by atoms with Crippen molar-refractivity contribution >= 4 is 49.1 Å². The van der Waals surface area contributed by atoms with Crippen molar-refractivity contribution in [1.82, 2.24) is 4.57 Å². The maximum Gasteiger partial charge on any atom is 0.262 e. The van der Waals surface area contributed by atoms with Gasteiger partial charge in [0, 0.05) is 40.6 Å². The van der Waals surface area contributed by atoms with Gasteiger partial charge >= 0.3 is 0 Å². The fraction of sp³-hybridized carbons (Fsp3) is 0.240. The largest absolute Gasteiger partial charge is 0.484 e. The third-order valence-corrected chi connectivity index (χ3v) is 6.82. The van der Waals surface area contributed by atoms with E-state index >= 15 is 0 Å². The summed E-state index contributed by atoms with van der Waals surface area (Å²) in [6.07, 6.45) is 1.17. The Morgan fingerprint density at radius 3 is 2.33 bits per heavy atom. The number of fused-ring (bicyclic) bond motifs is 3. The number of nitrogens with zero attached hydrogens (tertiary/aromatic N) is 2. The standard InChI is InChI=1S/C25H27N3O4S/c1-4-27-23-9-7-6-8-21(23)22-16-18(10-15-24(22)27)26-25(29)17-32-20-13-11-19(12-14-20)28(5-2)33(3,30)31/h6-16H,4-5,17H2,1-3H3,(H,26,29). The molecule has 172 valence electrons. The molecule has 0 spiro atoms. The first-order valence-electron chi connectivity index (χ1n) is 10.8. The lowest BCUT2D eigenvalue weighted by Gasteiger charge is -2.20. The molecule has 0 unspecified atom stereocenters. The van der Waals surface area contributed by atoms with Gasteiger partial charge in [-0.15, -0.1) is 0 Å². The summed E-state index contributed by atoms with van der Waals surface area (Å²) in [5.74, 6) is 0.212. The molecule has 1 heterocycles. The van der Waals surface area contributed by atoms with Gasteiger partial charge in [-0.25, -0.2) is 8.42 Å². The Morgan fingerprint density at radius 1 is 0.970 bits per heavy atom. The van der Waals surface area contributed by atoms with Gasteiger partial charge in [-0.1, -0.05) is 18.2 Å². The zero-order chi connectivity index (χ0) is 23.6. The minimum absolute atomic E-state index is 0.155. The highest BCUT2D eigenvalue weighted by Crippen LogP contribution is 2.31. The lowest BCUT2D eigenvalue weighted by molar-refractivity contribution is -0.118. The number of aromatic nitrogens is 1. The summed E-state index contributed by atoms with van der Waals surface area (Å²) >= 11 is 0. The van der Waals surface area contributed by atoms with Gasteiger partial charge in [0.25, 0.3) is 5.91 Å². The quantitative estimate of drug-likeness (QED) is 0.412. The summed E-state index contributed by atoms with van der Waals surface area (Å²) in [7, 11) is -3.34. The summed E-state index contributed by atoms with van der Waals surface area (Å²) in [5, 5.41) is 5.14. The number of anilines is 2. The Hall–Kier alpha value is -3.52. The summed E-state index contributed by atoms with van der Waals surface area (Å²) in [6.45, 7) is 4.93. The lowest BCUT2D eigenvalue weighted by Crippen LogP contribution is -2.29. The van der Waals surface area contributed by atoms with Crippen molar-refractivity contribution in [3.8, 4) is 5.75 Å². The molecule has 4 aromatic rings. The third-order valence-electron chi connectivity index (χ3n) is 5.55. The Bertz CT molecular complexity index is 1410. The van der Waals surface area contributed by atoms with E-state index in [1.807, 2.05) is 30.3 Å². The summed E-state index contributed by atoms with van der Waals surface area (Å²) < 4.78 is 32.8. The van der Waals surface area contributed by atoms with Crippen molar-refractivity contribution in [3.05, 3.63) is 66.7 Å². The molecule has 0 aliphatic rings. The van der Waals surface area contributed by atoms with Crippen molar-refractivity contribution in [1.29, 1.82) is 0 Å². The second-order valence-electron chi connectivity index (χ2n) is 7.75. The molecular formula is C25H27N3O4S. The Balaban J connectivity index is 1.44. The number of benzene rings is 3. The van der Waals surface area contributed by atoms with Crippen LogP contribution in [0.2, 0.25) is 0 Å². The highest BCUT2D eigenvalue weighted by Gasteiger charge is 2.15. The molecule has 1 N–H and O–H groups in total. The van der Waals surface area contributed by atoms with E-state index in [2.05, 4.69) is 28.9 Å². The molecule has 0 saturated heterocycles. The number of carbonyl (C=O) groups excluding carboxylic acids is 1. The Morgan fingerprint density at radius 2 is 1.67 bits per heavy atom. The maximum absolute atomic E-state index is 12.5. The number of carbonyl (C=O) groups is 1. The van der Waals surface area contributed by atoms with Gasteiger partial charge in [0.2, 0.25) is 10.0 Å². The average Bonchev–Trinajstić information content (AvgIpc) is 3.11. The molecule has 8 heteroatoms. The number of hydrogen-bond acceptors (Lipinski definition) is 4. The summed E-state index contributed by atoms with van der Waals surface area (Å²) in [4.78, 5) is 12.5. The van der Waals surface area contributed by atoms with Crippen molar-refractivity contribution in [2.75, 3.05) is 29.0 Å². The van der Waals surface area contributed by atoms with E-state index in [0.29, 0.717) is 23.7 Å². The van der Waals surface area contributed by atoms with Crippen LogP contribution in [0.4, 0.5) is 11.4 Å². The third kappa shape index (κ3) is 4.66. The van der Waals surface area contributed by atoms with Crippen LogP contribution in [0.1, 0.15) is 13.8 Å². The molecule has 0 aliphatic heterocycles. The number of rotatable bonds is 8. The zero-order valence-electron chi connectivity index (χ0n) is 18.9. The van der Waals surface area contributed by atoms with Crippen LogP contribution in [-0.4, -0.2) is 38.3 Å². The molecule has 0 aliphatic carbocycles. The minimum Gasteiger partial charge on any atom is -0.484 e. The van der Waals surface area contributed by atoms with Crippen LogP contribution in [0.15, 0.2) is 66.7 Å². The smallest absolute Gasteiger partial charge is 0.262 e. The first kappa shape index (κ1) is 22.7. The molecule has 1 aromatic heterocycles. The number of hydrogen-bond donors (Lipinski definition) is 1. The molecule has 0 radical (unpaired) electrons. The van der Waals surface area contributed by atoms with Gasteiger partial charge in [-0.3, -0.25) is 9.10 Å². The molecule has 0 fully saturated rings. The molecule has 3 aromatic carbocycles. The van der Waals surface area contributed by atoms with E-state index in [9.17, 15) is 13.2 Å². The van der Waals surface area contributed by atoms with E-state index in [1.165, 1.54) is 16.1 Å². The number of ether oxygens (including phenoxy) is 1. The zero-order valence-corrected chi connectivity index (χ0v) is 19.7. The maximum atomic E-state index is 12.5. The first-order chi connectivity index (χ1) is 15.8. The highest BCUT2D eigenvalue weighted by molar-refractivity contribution is 7.92. The molecule has 7 nitrogen and oxygen atoms in total. The molecule has 0 bridgehead atoms. The van der Waals surface area contributed by atoms with E-state index < -0.39 is 10.0 Å². The van der Waals surface area contributed by atoms with Crippen molar-refractivity contribution in [2.45, 2.75) is 20.4 Å². The van der Waals surface area contributed by atoms with Crippen LogP contribution in [0.5, 0.6) is 5.75 Å². The predicted molar refractivity (Wildman–Crippen MR) is 134 cm³/mol. The van der Waals surface area contributed by atoms with Gasteiger partial charge in [0.15, 0.2) is 6.61 Å². The van der Waals surface area contributed by atoms with Crippen LogP contribution in [0.3, 0.4) is 0 Å². The Labute approximate surface area is 193 Å². The van der Waals surface area contributed by atoms with E-state index in [-0.39, 0.29) is 12.5 Å². The van der Waals surface area contributed by atoms with Crippen molar-refractivity contribution in [3.63, 3.8) is 0 Å². The number of nitrogens with one attached hydrogen (secondary N) is 1. The topological polar surface area (TPSA) is 80.6 Å². The van der Waals surface area contributed by atoms with Gasteiger partial charge in [-0.05, 0) is 62.4 Å². The molecule has 0 saturated carbocycles. The number of amides is 1. The molecule has 0 atom stereocenters. The normalized spacial score (nSPS) is 11.6. The molecule has 1 amide bonds. The molecule has 4 rings (SSSR count). The fourth-order valence-electron chi connectivity index (χ4n) is 4.14. The van der Waals surface area contributed by atoms with Crippen LogP contribution >= 0.6 is 0 Å². The second-order valence-corrected chi connectivity index (χ2v) is 9.66. The van der Waals surface area contributed by atoms with E-state index in [1.54, 1.807) is 31.2 Å². The Kier molecular flexibility index (Phi) is 6.29. The van der Waals surface area contributed by atoms with Crippen molar-refractivity contribution in [2.24, 2.45) is 0 Å². The van der Waals surface area contributed by atoms with Crippen LogP contribution in [-0.2, 0) is 21.4 Å². The predicted octanol–water partition coefficient (Wildman–Crippen LogP) is 4.62. The summed E-state index contributed by atoms with van der Waals surface area (Å²) in [6, 6.07) is 20.8. The van der Waals surface area contributed by atoms with Crippen LogP contribution in [0.25, 0.3) is 21.8 Å². The van der Waals surface area contributed by atoms with Gasteiger partial charge < -0.3 is 14.6 Å². The number of para-hydroxylation sites is 1. The fourth-order valence-corrected chi connectivity index (χ4v) is 5.11. The van der Waals surface area contributed by atoms with Gasteiger partial charge in [0.1, 0.15) is 5.75 Å². The second kappa shape index (κ2) is 9.15. The van der Waals surface area contributed by atoms with Crippen molar-refractivity contribution < 1.29 is 17.9 Å². The summed E-state index contributed by atoms with van der Waals surface area (Å²) in [5.41, 5.74) is 3.56. The van der Waals surface area contributed by atoms with E-state index in [4.69, 9.17) is 4.74 Å².